The SMILES string of the molecule is Cc1ccc(-n2nc(-c3ccc(F)cc3)cc2C(=O)NCc2cccc(C(F)(F)F)c2)cc1. The number of nitrogens with one attached hydrogen (secondary N) is 1. The molecule has 1 heterocycles. The maximum atomic E-state index is 13.3. The molecule has 1 amide bonds. The van der Waals surface area contributed by atoms with Gasteiger partial charge in [-0.2, -0.15) is 18.3 Å². The zero-order valence-electron chi connectivity index (χ0n) is 17.5. The van der Waals surface area contributed by atoms with Gasteiger partial charge in [-0.1, -0.05) is 29.8 Å². The summed E-state index contributed by atoms with van der Waals surface area (Å²) >= 11 is 0. The van der Waals surface area contributed by atoms with Crippen LogP contribution in [0.15, 0.2) is 78.9 Å². The molecule has 168 valence electrons. The molecule has 4 nitrogen and oxygen atoms in total. The highest BCUT2D eigenvalue weighted by atomic mass is 19.4. The van der Waals surface area contributed by atoms with Gasteiger partial charge in [0.2, 0.25) is 0 Å². The molecule has 0 bridgehead atoms. The molecule has 3 aromatic carbocycles. The zero-order valence-corrected chi connectivity index (χ0v) is 17.5. The maximum Gasteiger partial charge on any atom is 0.416 e. The van der Waals surface area contributed by atoms with Gasteiger partial charge in [0, 0.05) is 12.1 Å². The Morgan fingerprint density at radius 1 is 0.970 bits per heavy atom. The van der Waals surface area contributed by atoms with Crippen molar-refractivity contribution in [1.29, 1.82) is 0 Å². The van der Waals surface area contributed by atoms with Gasteiger partial charge in [-0.15, -0.1) is 0 Å². The van der Waals surface area contributed by atoms with Crippen LogP contribution in [0.5, 0.6) is 0 Å². The molecule has 0 saturated heterocycles. The maximum absolute atomic E-state index is 13.3. The lowest BCUT2D eigenvalue weighted by Gasteiger charge is -2.11. The number of hydrogen-bond donors (Lipinski definition) is 1. The molecule has 0 fully saturated rings. The van der Waals surface area contributed by atoms with Gasteiger partial charge in [0.25, 0.3) is 5.91 Å². The molecule has 33 heavy (non-hydrogen) atoms. The van der Waals surface area contributed by atoms with Crippen molar-refractivity contribution < 1.29 is 22.4 Å². The van der Waals surface area contributed by atoms with E-state index in [0.717, 1.165) is 17.7 Å². The van der Waals surface area contributed by atoms with Crippen molar-refractivity contribution in [2.75, 3.05) is 0 Å². The number of rotatable bonds is 5. The number of carbonyl (C=O) groups excluding carboxylic acids is 1. The summed E-state index contributed by atoms with van der Waals surface area (Å²) in [6, 6.07) is 19.4. The molecule has 1 N–H and O–H groups in total. The Morgan fingerprint density at radius 3 is 2.33 bits per heavy atom. The van der Waals surface area contributed by atoms with Crippen LogP contribution in [-0.4, -0.2) is 15.7 Å². The van der Waals surface area contributed by atoms with E-state index in [4.69, 9.17) is 0 Å². The van der Waals surface area contributed by atoms with Gasteiger partial charge >= 0.3 is 6.18 Å². The summed E-state index contributed by atoms with van der Waals surface area (Å²) in [4.78, 5) is 13.0. The number of aryl methyl sites for hydroxylation is 1. The van der Waals surface area contributed by atoms with Crippen LogP contribution in [0, 0.1) is 12.7 Å². The minimum atomic E-state index is -4.46. The molecule has 0 aliphatic heterocycles. The van der Waals surface area contributed by atoms with E-state index in [2.05, 4.69) is 10.4 Å². The molecule has 0 atom stereocenters. The monoisotopic (exact) mass is 453 g/mol. The second-order valence-corrected chi connectivity index (χ2v) is 7.55. The van der Waals surface area contributed by atoms with Crippen molar-refractivity contribution in [3.05, 3.63) is 107 Å². The standard InChI is InChI=1S/C25H19F4N3O/c1-16-5-11-21(12-6-16)32-23(14-22(31-32)18-7-9-20(26)10-8-18)24(33)30-15-17-3-2-4-19(13-17)25(27,28)29/h2-14H,15H2,1H3,(H,30,33). The first-order valence-electron chi connectivity index (χ1n) is 10.1. The van der Waals surface area contributed by atoms with Crippen LogP contribution in [0.2, 0.25) is 0 Å². The third-order valence-corrected chi connectivity index (χ3v) is 5.07. The number of benzene rings is 3. The summed E-state index contributed by atoms with van der Waals surface area (Å²) < 4.78 is 53.7. The van der Waals surface area contributed by atoms with Crippen LogP contribution >= 0.6 is 0 Å². The number of nitrogens with zero attached hydrogens (tertiary/aromatic N) is 2. The van der Waals surface area contributed by atoms with Gasteiger partial charge in [-0.05, 0) is 67.1 Å². The second kappa shape index (κ2) is 8.90. The Bertz CT molecular complexity index is 1280. The molecule has 0 saturated carbocycles. The fourth-order valence-electron chi connectivity index (χ4n) is 3.32. The van der Waals surface area contributed by atoms with Gasteiger partial charge in [0.15, 0.2) is 0 Å². The van der Waals surface area contributed by atoms with Crippen LogP contribution in [0.25, 0.3) is 16.9 Å². The molecule has 0 unspecified atom stereocenters. The van der Waals surface area contributed by atoms with Crippen LogP contribution in [0.1, 0.15) is 27.2 Å². The Kier molecular flexibility index (Phi) is 6.00. The van der Waals surface area contributed by atoms with E-state index in [0.29, 0.717) is 22.5 Å². The Labute approximate surface area is 187 Å². The summed E-state index contributed by atoms with van der Waals surface area (Å²) in [6.45, 7) is 1.84. The first-order valence-corrected chi connectivity index (χ1v) is 10.1. The molecule has 0 radical (unpaired) electrons. The zero-order chi connectivity index (χ0) is 23.6. The molecule has 4 rings (SSSR count). The topological polar surface area (TPSA) is 46.9 Å². The number of carbonyl (C=O) groups is 1. The quantitative estimate of drug-likeness (QED) is 0.381. The van der Waals surface area contributed by atoms with E-state index >= 15 is 0 Å². The Morgan fingerprint density at radius 2 is 1.67 bits per heavy atom. The van der Waals surface area contributed by atoms with Crippen molar-refractivity contribution in [3.8, 4) is 16.9 Å². The van der Waals surface area contributed by atoms with Crippen molar-refractivity contribution >= 4 is 5.91 Å². The molecular weight excluding hydrogens is 434 g/mol. The summed E-state index contributed by atoms with van der Waals surface area (Å²) in [5.74, 6) is -0.899. The van der Waals surface area contributed by atoms with E-state index in [1.165, 1.54) is 28.9 Å². The normalized spacial score (nSPS) is 11.4. The van der Waals surface area contributed by atoms with Crippen molar-refractivity contribution in [1.82, 2.24) is 15.1 Å². The van der Waals surface area contributed by atoms with E-state index in [1.807, 2.05) is 19.1 Å². The number of hydrogen-bond acceptors (Lipinski definition) is 2. The van der Waals surface area contributed by atoms with Gasteiger partial charge in [-0.3, -0.25) is 4.79 Å². The second-order valence-electron chi connectivity index (χ2n) is 7.55. The van der Waals surface area contributed by atoms with E-state index in [-0.39, 0.29) is 12.2 Å². The fraction of sp³-hybridized carbons (Fsp3) is 0.120. The molecule has 4 aromatic rings. The third-order valence-electron chi connectivity index (χ3n) is 5.07. The number of amides is 1. The van der Waals surface area contributed by atoms with E-state index < -0.39 is 23.5 Å². The highest BCUT2D eigenvalue weighted by Gasteiger charge is 2.30. The lowest BCUT2D eigenvalue weighted by molar-refractivity contribution is -0.137. The third kappa shape index (κ3) is 5.11. The minimum absolute atomic E-state index is 0.0896. The molecule has 1 aromatic heterocycles. The molecular formula is C25H19F4N3O. The van der Waals surface area contributed by atoms with Crippen molar-refractivity contribution in [2.45, 2.75) is 19.6 Å². The lowest BCUT2D eigenvalue weighted by atomic mass is 10.1. The summed E-state index contributed by atoms with van der Waals surface area (Å²) in [5, 5.41) is 7.18. The molecule has 0 aliphatic carbocycles. The molecule has 0 aliphatic rings. The van der Waals surface area contributed by atoms with Gasteiger partial charge < -0.3 is 5.32 Å². The average molecular weight is 453 g/mol. The van der Waals surface area contributed by atoms with E-state index in [1.54, 1.807) is 30.3 Å². The number of aromatic nitrogens is 2. The Balaban J connectivity index is 1.64. The van der Waals surface area contributed by atoms with E-state index in [9.17, 15) is 22.4 Å². The molecule has 0 spiro atoms. The number of alkyl halides is 3. The summed E-state index contributed by atoms with van der Waals surface area (Å²) in [5.41, 5.74) is 2.48. The summed E-state index contributed by atoms with van der Waals surface area (Å²) in [6.07, 6.45) is -4.46. The molecule has 8 heteroatoms. The predicted molar refractivity (Wildman–Crippen MR) is 116 cm³/mol. The lowest BCUT2D eigenvalue weighted by Crippen LogP contribution is -2.25. The Hall–Kier alpha value is -3.94. The van der Waals surface area contributed by atoms with Crippen LogP contribution in [0.3, 0.4) is 0 Å². The van der Waals surface area contributed by atoms with Crippen LogP contribution in [0.4, 0.5) is 17.6 Å². The van der Waals surface area contributed by atoms with Crippen LogP contribution in [-0.2, 0) is 12.7 Å². The van der Waals surface area contributed by atoms with Crippen LogP contribution < -0.4 is 5.32 Å². The van der Waals surface area contributed by atoms with Gasteiger partial charge in [-0.25, -0.2) is 9.07 Å². The first-order chi connectivity index (χ1) is 15.7. The summed E-state index contributed by atoms with van der Waals surface area (Å²) in [7, 11) is 0. The highest BCUT2D eigenvalue weighted by molar-refractivity contribution is 5.94. The van der Waals surface area contributed by atoms with Gasteiger partial charge in [0.05, 0.1) is 16.9 Å². The largest absolute Gasteiger partial charge is 0.416 e. The van der Waals surface area contributed by atoms with Crippen molar-refractivity contribution in [3.63, 3.8) is 0 Å². The first kappa shape index (κ1) is 22.3. The average Bonchev–Trinajstić information content (AvgIpc) is 3.24. The fourth-order valence-corrected chi connectivity index (χ4v) is 3.32. The highest BCUT2D eigenvalue weighted by Crippen LogP contribution is 2.29. The van der Waals surface area contributed by atoms with Gasteiger partial charge in [0.1, 0.15) is 11.5 Å². The minimum Gasteiger partial charge on any atom is -0.347 e. The van der Waals surface area contributed by atoms with Crippen molar-refractivity contribution in [2.24, 2.45) is 0 Å². The smallest absolute Gasteiger partial charge is 0.347 e. The number of halogens is 4. The predicted octanol–water partition coefficient (Wildman–Crippen LogP) is 5.94.